The van der Waals surface area contributed by atoms with Crippen molar-refractivity contribution < 1.29 is 14.3 Å². The molecule has 3 rings (SSSR count). The van der Waals surface area contributed by atoms with Crippen molar-refractivity contribution in [3.63, 3.8) is 0 Å². The van der Waals surface area contributed by atoms with Gasteiger partial charge in [0, 0.05) is 18.7 Å². The van der Waals surface area contributed by atoms with Gasteiger partial charge in [-0.25, -0.2) is 0 Å². The first-order valence-electron chi connectivity index (χ1n) is 8.37. The zero-order valence-electron chi connectivity index (χ0n) is 14.5. The van der Waals surface area contributed by atoms with Crippen LogP contribution in [-0.4, -0.2) is 31.0 Å². The Morgan fingerprint density at radius 2 is 1.92 bits per heavy atom. The highest BCUT2D eigenvalue weighted by atomic mass is 16.5. The van der Waals surface area contributed by atoms with Crippen LogP contribution in [-0.2, 0) is 9.59 Å². The molecule has 0 radical (unpaired) electrons. The molecule has 2 amide bonds. The lowest BCUT2D eigenvalue weighted by Crippen LogP contribution is -2.39. The van der Waals surface area contributed by atoms with E-state index in [0.29, 0.717) is 18.7 Å². The van der Waals surface area contributed by atoms with E-state index in [-0.39, 0.29) is 24.5 Å². The van der Waals surface area contributed by atoms with Gasteiger partial charge in [-0.15, -0.1) is 0 Å². The normalized spacial score (nSPS) is 16.8. The van der Waals surface area contributed by atoms with Crippen LogP contribution in [0, 0.1) is 13.8 Å². The highest BCUT2D eigenvalue weighted by molar-refractivity contribution is 5.96. The number of rotatable bonds is 5. The molecule has 25 heavy (non-hydrogen) atoms. The summed E-state index contributed by atoms with van der Waals surface area (Å²) in [4.78, 5) is 26.0. The first kappa shape index (κ1) is 17.0. The Labute approximate surface area is 147 Å². The van der Waals surface area contributed by atoms with Crippen LogP contribution in [0.5, 0.6) is 5.75 Å². The summed E-state index contributed by atoms with van der Waals surface area (Å²) in [6, 6.07) is 15.2. The van der Waals surface area contributed by atoms with E-state index in [0.717, 1.165) is 16.8 Å². The van der Waals surface area contributed by atoms with Crippen molar-refractivity contribution in [1.29, 1.82) is 0 Å². The van der Waals surface area contributed by atoms with Gasteiger partial charge in [0.05, 0.1) is 6.04 Å². The topological polar surface area (TPSA) is 58.6 Å². The van der Waals surface area contributed by atoms with Crippen molar-refractivity contribution in [2.24, 2.45) is 0 Å². The minimum absolute atomic E-state index is 0.0220. The van der Waals surface area contributed by atoms with E-state index in [1.54, 1.807) is 4.90 Å². The summed E-state index contributed by atoms with van der Waals surface area (Å²) < 4.78 is 5.50. The lowest BCUT2D eigenvalue weighted by atomic mass is 10.2. The Kier molecular flexibility index (Phi) is 5.03. The van der Waals surface area contributed by atoms with Gasteiger partial charge in [-0.2, -0.15) is 0 Å². The molecular formula is C20H22N2O3. The fraction of sp³-hybridized carbons (Fsp3) is 0.300. The molecule has 0 saturated carbocycles. The molecule has 0 unspecified atom stereocenters. The number of carbonyl (C=O) groups is 2. The number of anilines is 1. The highest BCUT2D eigenvalue weighted by Crippen LogP contribution is 2.22. The molecule has 0 aliphatic carbocycles. The summed E-state index contributed by atoms with van der Waals surface area (Å²) in [5, 5.41) is 2.88. The zero-order valence-corrected chi connectivity index (χ0v) is 14.5. The minimum Gasteiger partial charge on any atom is -0.484 e. The number of hydrogen-bond donors (Lipinski definition) is 1. The van der Waals surface area contributed by atoms with Crippen LogP contribution in [0.15, 0.2) is 48.5 Å². The second-order valence-electron chi connectivity index (χ2n) is 6.41. The number of nitrogens with zero attached hydrogens (tertiary/aromatic N) is 1. The number of amides is 2. The highest BCUT2D eigenvalue weighted by Gasteiger charge is 2.31. The molecule has 1 saturated heterocycles. The summed E-state index contributed by atoms with van der Waals surface area (Å²) >= 11 is 0. The van der Waals surface area contributed by atoms with Crippen LogP contribution < -0.4 is 15.0 Å². The van der Waals surface area contributed by atoms with Crippen molar-refractivity contribution in [2.45, 2.75) is 26.3 Å². The van der Waals surface area contributed by atoms with Crippen molar-refractivity contribution in [2.75, 3.05) is 18.1 Å². The van der Waals surface area contributed by atoms with E-state index in [1.165, 1.54) is 0 Å². The molecule has 5 nitrogen and oxygen atoms in total. The molecule has 1 aliphatic heterocycles. The molecule has 1 fully saturated rings. The Hall–Kier alpha value is -2.82. The fourth-order valence-corrected chi connectivity index (χ4v) is 2.90. The maximum atomic E-state index is 12.2. The van der Waals surface area contributed by atoms with Gasteiger partial charge >= 0.3 is 0 Å². The maximum Gasteiger partial charge on any atom is 0.258 e. The molecule has 2 aromatic rings. The largest absolute Gasteiger partial charge is 0.484 e. The van der Waals surface area contributed by atoms with Gasteiger partial charge in [0.2, 0.25) is 5.91 Å². The molecule has 1 N–H and O–H groups in total. The molecule has 1 aliphatic rings. The summed E-state index contributed by atoms with van der Waals surface area (Å²) in [5.74, 6) is 0.470. The van der Waals surface area contributed by atoms with Crippen molar-refractivity contribution in [3.8, 4) is 5.75 Å². The van der Waals surface area contributed by atoms with Crippen LogP contribution in [0.25, 0.3) is 0 Å². The molecule has 130 valence electrons. The van der Waals surface area contributed by atoms with Gasteiger partial charge in [-0.1, -0.05) is 29.8 Å². The van der Waals surface area contributed by atoms with Gasteiger partial charge in [-0.3, -0.25) is 9.59 Å². The quantitative estimate of drug-likeness (QED) is 0.912. The third kappa shape index (κ3) is 4.38. The van der Waals surface area contributed by atoms with E-state index < -0.39 is 0 Å². The van der Waals surface area contributed by atoms with Crippen LogP contribution in [0.1, 0.15) is 17.5 Å². The molecule has 1 atom stereocenters. The second kappa shape index (κ2) is 7.38. The van der Waals surface area contributed by atoms with E-state index in [4.69, 9.17) is 4.74 Å². The first-order chi connectivity index (χ1) is 12.0. The number of hydrogen-bond acceptors (Lipinski definition) is 3. The van der Waals surface area contributed by atoms with Crippen LogP contribution in [0.4, 0.5) is 5.69 Å². The average molecular weight is 338 g/mol. The summed E-state index contributed by atoms with van der Waals surface area (Å²) in [5.41, 5.74) is 3.09. The zero-order chi connectivity index (χ0) is 17.8. The Balaban J connectivity index is 1.52. The van der Waals surface area contributed by atoms with Crippen LogP contribution in [0.3, 0.4) is 0 Å². The molecule has 0 aromatic heterocycles. The van der Waals surface area contributed by atoms with Gasteiger partial charge in [0.15, 0.2) is 6.61 Å². The molecule has 5 heteroatoms. The lowest BCUT2D eigenvalue weighted by molar-refractivity contribution is -0.123. The first-order valence-corrected chi connectivity index (χ1v) is 8.37. The van der Waals surface area contributed by atoms with Gasteiger partial charge in [0.25, 0.3) is 5.91 Å². The number of aryl methyl sites for hydroxylation is 2. The molecule has 1 heterocycles. The second-order valence-corrected chi connectivity index (χ2v) is 6.41. The Morgan fingerprint density at radius 1 is 1.16 bits per heavy atom. The van der Waals surface area contributed by atoms with Gasteiger partial charge in [-0.05, 0) is 43.7 Å². The summed E-state index contributed by atoms with van der Waals surface area (Å²) in [7, 11) is 0. The lowest BCUT2D eigenvalue weighted by Gasteiger charge is -2.17. The Morgan fingerprint density at radius 3 is 2.64 bits per heavy atom. The number of ether oxygens (including phenoxy) is 1. The number of carbonyl (C=O) groups excluding carboxylic acids is 2. The van der Waals surface area contributed by atoms with Crippen molar-refractivity contribution in [3.05, 3.63) is 59.7 Å². The fourth-order valence-electron chi connectivity index (χ4n) is 2.90. The van der Waals surface area contributed by atoms with E-state index in [9.17, 15) is 9.59 Å². The van der Waals surface area contributed by atoms with Crippen molar-refractivity contribution in [1.82, 2.24) is 5.32 Å². The minimum atomic E-state index is -0.218. The van der Waals surface area contributed by atoms with E-state index >= 15 is 0 Å². The SMILES string of the molecule is Cc1ccc(N2C[C@@H](NC(=O)COc3cccc(C)c3)CC2=O)cc1. The molecular weight excluding hydrogens is 316 g/mol. The molecule has 0 spiro atoms. The smallest absolute Gasteiger partial charge is 0.258 e. The third-order valence-electron chi connectivity index (χ3n) is 4.20. The predicted octanol–water partition coefficient (Wildman–Crippen LogP) is 2.60. The van der Waals surface area contributed by atoms with Crippen LogP contribution >= 0.6 is 0 Å². The maximum absolute atomic E-state index is 12.2. The average Bonchev–Trinajstić information content (AvgIpc) is 2.94. The van der Waals surface area contributed by atoms with E-state index in [2.05, 4.69) is 5.32 Å². The third-order valence-corrected chi connectivity index (χ3v) is 4.20. The summed E-state index contributed by atoms with van der Waals surface area (Å²) in [6.45, 7) is 4.40. The van der Waals surface area contributed by atoms with Gasteiger partial charge in [0.1, 0.15) is 5.75 Å². The van der Waals surface area contributed by atoms with Crippen LogP contribution in [0.2, 0.25) is 0 Å². The number of nitrogens with one attached hydrogen (secondary N) is 1. The number of benzene rings is 2. The van der Waals surface area contributed by atoms with Crippen molar-refractivity contribution >= 4 is 17.5 Å². The molecule has 2 aromatic carbocycles. The molecule has 0 bridgehead atoms. The Bertz CT molecular complexity index is 771. The van der Waals surface area contributed by atoms with Gasteiger partial charge < -0.3 is 15.0 Å². The van der Waals surface area contributed by atoms with E-state index in [1.807, 2.05) is 62.4 Å². The summed E-state index contributed by atoms with van der Waals surface area (Å²) in [6.07, 6.45) is 0.310. The predicted molar refractivity (Wildman–Crippen MR) is 96.8 cm³/mol. The standard InChI is InChI=1S/C20H22N2O3/c1-14-6-8-17(9-7-14)22-12-16(11-20(22)24)21-19(23)13-25-18-5-3-4-15(2)10-18/h3-10,16H,11-13H2,1-2H3,(H,21,23)/t16-/m0/s1. The monoisotopic (exact) mass is 338 g/mol.